The molecule has 2 heterocycles. The number of nitrogens with zero attached hydrogens (tertiary/aromatic N) is 1. The summed E-state index contributed by atoms with van der Waals surface area (Å²) in [5.74, 6) is 0. The smallest absolute Gasteiger partial charge is 0.0175 e. The second-order valence-corrected chi connectivity index (χ2v) is 4.91. The van der Waals surface area contributed by atoms with Crippen LogP contribution in [0.2, 0.25) is 0 Å². The lowest BCUT2D eigenvalue weighted by Crippen LogP contribution is -2.40. The fraction of sp³-hybridized carbons (Fsp3) is 1.00. The zero-order valence-electron chi connectivity index (χ0n) is 6.39. The lowest BCUT2D eigenvalue weighted by molar-refractivity contribution is 0.184. The van der Waals surface area contributed by atoms with Crippen LogP contribution in [0, 0.1) is 0 Å². The van der Waals surface area contributed by atoms with E-state index in [0.717, 1.165) is 16.9 Å². The van der Waals surface area contributed by atoms with Crippen molar-refractivity contribution in [3.8, 4) is 0 Å². The van der Waals surface area contributed by atoms with Crippen LogP contribution in [0.4, 0.5) is 0 Å². The van der Waals surface area contributed by atoms with Gasteiger partial charge in [-0.3, -0.25) is 0 Å². The molecular formula is C8H14BrN. The minimum absolute atomic E-state index is 0.807. The standard InChI is InChI=1S/C8H14BrN/c1-10-7-2-3-8(10)5-6(9)4-7/h6-8H,2-5H2,1H3/t6-,7-,8+. The van der Waals surface area contributed by atoms with Gasteiger partial charge in [-0.2, -0.15) is 0 Å². The maximum atomic E-state index is 3.71. The summed E-state index contributed by atoms with van der Waals surface area (Å²) in [5, 5.41) is 0. The summed E-state index contributed by atoms with van der Waals surface area (Å²) in [7, 11) is 2.28. The molecule has 0 N–H and O–H groups in total. The van der Waals surface area contributed by atoms with Crippen molar-refractivity contribution >= 4 is 15.9 Å². The van der Waals surface area contributed by atoms with Gasteiger partial charge in [-0.05, 0) is 32.7 Å². The van der Waals surface area contributed by atoms with Crippen LogP contribution in [-0.4, -0.2) is 28.9 Å². The maximum absolute atomic E-state index is 3.71. The predicted octanol–water partition coefficient (Wildman–Crippen LogP) is 2.01. The third-order valence-corrected chi connectivity index (χ3v) is 3.79. The highest BCUT2D eigenvalue weighted by Gasteiger charge is 2.37. The fourth-order valence-corrected chi connectivity index (χ4v) is 3.21. The van der Waals surface area contributed by atoms with Gasteiger partial charge in [0.1, 0.15) is 0 Å². The van der Waals surface area contributed by atoms with Crippen LogP contribution in [0.5, 0.6) is 0 Å². The highest BCUT2D eigenvalue weighted by Crippen LogP contribution is 2.36. The Morgan fingerprint density at radius 1 is 1.20 bits per heavy atom. The van der Waals surface area contributed by atoms with Crippen LogP contribution in [0.25, 0.3) is 0 Å². The van der Waals surface area contributed by atoms with Crippen molar-refractivity contribution in [2.75, 3.05) is 7.05 Å². The molecule has 2 heteroatoms. The topological polar surface area (TPSA) is 3.24 Å². The Morgan fingerprint density at radius 3 is 2.20 bits per heavy atom. The third-order valence-electron chi connectivity index (χ3n) is 3.04. The molecule has 0 aliphatic carbocycles. The Kier molecular flexibility index (Phi) is 1.77. The summed E-state index contributed by atoms with van der Waals surface area (Å²) >= 11 is 3.71. The number of hydrogen-bond acceptors (Lipinski definition) is 1. The number of halogens is 1. The first-order chi connectivity index (χ1) is 4.77. The van der Waals surface area contributed by atoms with Gasteiger partial charge in [0.15, 0.2) is 0 Å². The number of rotatable bonds is 0. The average Bonchev–Trinajstić information content (AvgIpc) is 2.20. The molecule has 58 valence electrons. The minimum Gasteiger partial charge on any atom is -0.300 e. The van der Waals surface area contributed by atoms with Crippen molar-refractivity contribution in [2.24, 2.45) is 0 Å². The van der Waals surface area contributed by atoms with Crippen molar-refractivity contribution in [2.45, 2.75) is 42.6 Å². The normalized spacial score (nSPS) is 48.0. The first-order valence-corrected chi connectivity index (χ1v) is 5.05. The van der Waals surface area contributed by atoms with E-state index in [4.69, 9.17) is 0 Å². The van der Waals surface area contributed by atoms with Gasteiger partial charge in [0.2, 0.25) is 0 Å². The highest BCUT2D eigenvalue weighted by molar-refractivity contribution is 9.09. The number of fused-ring (bicyclic) bond motifs is 2. The molecule has 2 aliphatic rings. The van der Waals surface area contributed by atoms with E-state index in [0.29, 0.717) is 0 Å². The second-order valence-electron chi connectivity index (χ2n) is 3.62. The molecular weight excluding hydrogens is 190 g/mol. The Bertz CT molecular complexity index is 123. The Balaban J connectivity index is 2.09. The first kappa shape index (κ1) is 7.11. The molecule has 3 atom stereocenters. The molecule has 1 nitrogen and oxygen atoms in total. The molecule has 2 aliphatic heterocycles. The summed E-state index contributed by atoms with van der Waals surface area (Å²) < 4.78 is 0. The summed E-state index contributed by atoms with van der Waals surface area (Å²) in [5.41, 5.74) is 0. The second kappa shape index (κ2) is 2.49. The van der Waals surface area contributed by atoms with E-state index in [2.05, 4.69) is 27.9 Å². The van der Waals surface area contributed by atoms with E-state index in [1.54, 1.807) is 0 Å². The van der Waals surface area contributed by atoms with Gasteiger partial charge in [-0.25, -0.2) is 0 Å². The van der Waals surface area contributed by atoms with E-state index in [1.165, 1.54) is 25.7 Å². The molecule has 2 saturated heterocycles. The van der Waals surface area contributed by atoms with Crippen molar-refractivity contribution in [3.63, 3.8) is 0 Å². The summed E-state index contributed by atoms with van der Waals surface area (Å²) in [6.07, 6.45) is 5.60. The van der Waals surface area contributed by atoms with E-state index < -0.39 is 0 Å². The molecule has 2 bridgehead atoms. The number of alkyl halides is 1. The van der Waals surface area contributed by atoms with Crippen molar-refractivity contribution in [3.05, 3.63) is 0 Å². The van der Waals surface area contributed by atoms with Crippen molar-refractivity contribution < 1.29 is 0 Å². The molecule has 0 aromatic rings. The Hall–Kier alpha value is 0.440. The van der Waals surface area contributed by atoms with Gasteiger partial charge in [0, 0.05) is 16.9 Å². The zero-order valence-corrected chi connectivity index (χ0v) is 7.97. The first-order valence-electron chi connectivity index (χ1n) is 4.13. The average molecular weight is 204 g/mol. The third kappa shape index (κ3) is 1.02. The molecule has 2 rings (SSSR count). The van der Waals surface area contributed by atoms with Gasteiger partial charge in [0.05, 0.1) is 0 Å². The lowest BCUT2D eigenvalue weighted by Gasteiger charge is -2.33. The molecule has 0 spiro atoms. The Morgan fingerprint density at radius 2 is 1.70 bits per heavy atom. The maximum Gasteiger partial charge on any atom is 0.0175 e. The zero-order chi connectivity index (χ0) is 7.14. The van der Waals surface area contributed by atoms with Crippen LogP contribution < -0.4 is 0 Å². The van der Waals surface area contributed by atoms with E-state index >= 15 is 0 Å². The molecule has 0 aromatic carbocycles. The van der Waals surface area contributed by atoms with Gasteiger partial charge in [-0.1, -0.05) is 15.9 Å². The van der Waals surface area contributed by atoms with Crippen LogP contribution >= 0.6 is 15.9 Å². The van der Waals surface area contributed by atoms with Gasteiger partial charge < -0.3 is 4.90 Å². The highest BCUT2D eigenvalue weighted by atomic mass is 79.9. The van der Waals surface area contributed by atoms with Crippen LogP contribution in [-0.2, 0) is 0 Å². The SMILES string of the molecule is CN1[C@@H]2CC[C@H]1C[C@H](Br)C2. The molecule has 0 unspecified atom stereocenters. The summed E-state index contributed by atoms with van der Waals surface area (Å²) in [6, 6.07) is 1.78. The molecule has 0 amide bonds. The van der Waals surface area contributed by atoms with E-state index in [1.807, 2.05) is 0 Å². The molecule has 0 saturated carbocycles. The quantitative estimate of drug-likeness (QED) is 0.545. The van der Waals surface area contributed by atoms with Gasteiger partial charge in [0.25, 0.3) is 0 Å². The van der Waals surface area contributed by atoms with Gasteiger partial charge >= 0.3 is 0 Å². The summed E-state index contributed by atoms with van der Waals surface area (Å²) in [6.45, 7) is 0. The largest absolute Gasteiger partial charge is 0.300 e. The molecule has 0 radical (unpaired) electrons. The number of hydrogen-bond donors (Lipinski definition) is 0. The fourth-order valence-electron chi connectivity index (χ4n) is 2.35. The van der Waals surface area contributed by atoms with Crippen LogP contribution in [0.3, 0.4) is 0 Å². The minimum atomic E-state index is 0.807. The Labute approximate surface area is 70.9 Å². The van der Waals surface area contributed by atoms with Crippen LogP contribution in [0.15, 0.2) is 0 Å². The molecule has 10 heavy (non-hydrogen) atoms. The van der Waals surface area contributed by atoms with Crippen LogP contribution in [0.1, 0.15) is 25.7 Å². The monoisotopic (exact) mass is 203 g/mol. The molecule has 2 fully saturated rings. The van der Waals surface area contributed by atoms with E-state index in [-0.39, 0.29) is 0 Å². The summed E-state index contributed by atoms with van der Waals surface area (Å²) in [4.78, 5) is 3.37. The van der Waals surface area contributed by atoms with Gasteiger partial charge in [-0.15, -0.1) is 0 Å². The lowest BCUT2D eigenvalue weighted by atomic mass is 10.0. The number of piperidine rings is 1. The van der Waals surface area contributed by atoms with Crippen molar-refractivity contribution in [1.82, 2.24) is 4.90 Å². The van der Waals surface area contributed by atoms with Crippen molar-refractivity contribution in [1.29, 1.82) is 0 Å². The predicted molar refractivity (Wildman–Crippen MR) is 46.5 cm³/mol. The van der Waals surface area contributed by atoms with E-state index in [9.17, 15) is 0 Å². The molecule has 0 aromatic heterocycles.